The van der Waals surface area contributed by atoms with Crippen molar-refractivity contribution in [2.24, 2.45) is 5.92 Å². The lowest BCUT2D eigenvalue weighted by Crippen LogP contribution is -2.19. The van der Waals surface area contributed by atoms with E-state index in [1.807, 2.05) is 17.5 Å². The SMILES string of the molecule is CCc1cnc(C(C)NCCC2CC2)s1. The zero-order valence-electron chi connectivity index (χ0n) is 9.62. The molecule has 0 saturated heterocycles. The third-order valence-electron chi connectivity index (χ3n) is 2.99. The zero-order valence-corrected chi connectivity index (χ0v) is 10.4. The Kier molecular flexibility index (Phi) is 3.76. The second-order valence-corrected chi connectivity index (χ2v) is 5.57. The van der Waals surface area contributed by atoms with Gasteiger partial charge in [-0.2, -0.15) is 0 Å². The van der Waals surface area contributed by atoms with Gasteiger partial charge in [-0.3, -0.25) is 0 Å². The van der Waals surface area contributed by atoms with Crippen LogP contribution in [-0.4, -0.2) is 11.5 Å². The summed E-state index contributed by atoms with van der Waals surface area (Å²) in [5.74, 6) is 1.02. The molecule has 84 valence electrons. The molecule has 1 atom stereocenters. The second-order valence-electron chi connectivity index (χ2n) is 4.43. The molecule has 0 amide bonds. The monoisotopic (exact) mass is 224 g/mol. The molecule has 1 fully saturated rings. The third kappa shape index (κ3) is 3.28. The van der Waals surface area contributed by atoms with Crippen LogP contribution >= 0.6 is 11.3 Å². The summed E-state index contributed by atoms with van der Waals surface area (Å²) in [6, 6.07) is 0.425. The molecule has 1 unspecified atom stereocenters. The van der Waals surface area contributed by atoms with Crippen LogP contribution in [0.1, 0.15) is 49.0 Å². The summed E-state index contributed by atoms with van der Waals surface area (Å²) in [5.41, 5.74) is 0. The standard InChI is InChI=1S/C12H20N2S/c1-3-11-8-14-12(15-11)9(2)13-7-6-10-4-5-10/h8-10,13H,3-7H2,1-2H3. The molecular formula is C12H20N2S. The Labute approximate surface area is 96.1 Å². The Balaban J connectivity index is 1.75. The molecule has 1 aliphatic rings. The highest BCUT2D eigenvalue weighted by molar-refractivity contribution is 7.11. The highest BCUT2D eigenvalue weighted by atomic mass is 32.1. The summed E-state index contributed by atoms with van der Waals surface area (Å²) in [4.78, 5) is 5.85. The molecule has 0 radical (unpaired) electrons. The lowest BCUT2D eigenvalue weighted by Gasteiger charge is -2.10. The summed E-state index contributed by atoms with van der Waals surface area (Å²) < 4.78 is 0. The van der Waals surface area contributed by atoms with E-state index in [-0.39, 0.29) is 0 Å². The van der Waals surface area contributed by atoms with Gasteiger partial charge >= 0.3 is 0 Å². The van der Waals surface area contributed by atoms with Crippen LogP contribution in [0.25, 0.3) is 0 Å². The predicted molar refractivity (Wildman–Crippen MR) is 65.3 cm³/mol. The van der Waals surface area contributed by atoms with E-state index in [9.17, 15) is 0 Å². The fourth-order valence-corrected chi connectivity index (χ4v) is 2.57. The molecule has 1 N–H and O–H groups in total. The number of nitrogens with one attached hydrogen (secondary N) is 1. The summed E-state index contributed by atoms with van der Waals surface area (Å²) in [6.45, 7) is 5.54. The van der Waals surface area contributed by atoms with Crippen LogP contribution < -0.4 is 5.32 Å². The first-order chi connectivity index (χ1) is 7.29. The average Bonchev–Trinajstić information content (AvgIpc) is 2.94. The molecule has 1 aliphatic carbocycles. The first-order valence-electron chi connectivity index (χ1n) is 5.97. The molecule has 2 rings (SSSR count). The van der Waals surface area contributed by atoms with E-state index in [0.717, 1.165) is 18.9 Å². The number of thiazole rings is 1. The Bertz CT molecular complexity index is 304. The van der Waals surface area contributed by atoms with Gasteiger partial charge < -0.3 is 5.32 Å². The molecule has 1 aromatic rings. The number of hydrogen-bond donors (Lipinski definition) is 1. The van der Waals surface area contributed by atoms with Crippen molar-refractivity contribution in [3.8, 4) is 0 Å². The van der Waals surface area contributed by atoms with E-state index in [1.165, 1.54) is 29.1 Å². The normalized spacial score (nSPS) is 18.0. The van der Waals surface area contributed by atoms with Crippen LogP contribution in [0.3, 0.4) is 0 Å². The maximum absolute atomic E-state index is 4.46. The highest BCUT2D eigenvalue weighted by Crippen LogP contribution is 2.32. The number of aryl methyl sites for hydroxylation is 1. The Hall–Kier alpha value is -0.410. The van der Waals surface area contributed by atoms with Crippen molar-refractivity contribution >= 4 is 11.3 Å². The first kappa shape index (κ1) is 11.1. The highest BCUT2D eigenvalue weighted by Gasteiger charge is 2.20. The summed E-state index contributed by atoms with van der Waals surface area (Å²) in [5, 5.41) is 4.79. The van der Waals surface area contributed by atoms with Crippen LogP contribution in [0.5, 0.6) is 0 Å². The van der Waals surface area contributed by atoms with Gasteiger partial charge in [-0.15, -0.1) is 11.3 Å². The minimum atomic E-state index is 0.425. The van der Waals surface area contributed by atoms with Gasteiger partial charge in [0.1, 0.15) is 5.01 Å². The van der Waals surface area contributed by atoms with Crippen molar-refractivity contribution in [1.82, 2.24) is 10.3 Å². The van der Waals surface area contributed by atoms with Crippen molar-refractivity contribution in [3.63, 3.8) is 0 Å². The molecule has 0 spiro atoms. The first-order valence-corrected chi connectivity index (χ1v) is 6.79. The lowest BCUT2D eigenvalue weighted by molar-refractivity contribution is 0.538. The van der Waals surface area contributed by atoms with Crippen molar-refractivity contribution in [2.45, 2.75) is 45.6 Å². The van der Waals surface area contributed by atoms with Gasteiger partial charge in [0.2, 0.25) is 0 Å². The van der Waals surface area contributed by atoms with Crippen LogP contribution in [0.15, 0.2) is 6.20 Å². The van der Waals surface area contributed by atoms with Gasteiger partial charge in [0.15, 0.2) is 0 Å². The largest absolute Gasteiger partial charge is 0.308 e. The molecule has 1 saturated carbocycles. The smallest absolute Gasteiger partial charge is 0.109 e. The van der Waals surface area contributed by atoms with E-state index in [0.29, 0.717) is 6.04 Å². The molecule has 15 heavy (non-hydrogen) atoms. The van der Waals surface area contributed by atoms with Crippen molar-refractivity contribution in [2.75, 3.05) is 6.54 Å². The fraction of sp³-hybridized carbons (Fsp3) is 0.750. The van der Waals surface area contributed by atoms with Gasteiger partial charge in [-0.1, -0.05) is 19.8 Å². The van der Waals surface area contributed by atoms with Crippen LogP contribution in [0.4, 0.5) is 0 Å². The fourth-order valence-electron chi connectivity index (χ4n) is 1.68. The molecule has 1 heterocycles. The molecular weight excluding hydrogens is 204 g/mol. The van der Waals surface area contributed by atoms with Gasteiger partial charge in [-0.25, -0.2) is 4.98 Å². The number of aromatic nitrogens is 1. The van der Waals surface area contributed by atoms with Crippen LogP contribution in [0.2, 0.25) is 0 Å². The maximum Gasteiger partial charge on any atom is 0.109 e. The maximum atomic E-state index is 4.46. The average molecular weight is 224 g/mol. The zero-order chi connectivity index (χ0) is 10.7. The second kappa shape index (κ2) is 5.08. The van der Waals surface area contributed by atoms with E-state index < -0.39 is 0 Å². The molecule has 0 aromatic carbocycles. The summed E-state index contributed by atoms with van der Waals surface area (Å²) >= 11 is 1.84. The number of nitrogens with zero attached hydrogens (tertiary/aromatic N) is 1. The molecule has 0 aliphatic heterocycles. The molecule has 2 nitrogen and oxygen atoms in total. The minimum absolute atomic E-state index is 0.425. The van der Waals surface area contributed by atoms with Gasteiger partial charge in [0.25, 0.3) is 0 Å². The van der Waals surface area contributed by atoms with Gasteiger partial charge in [0.05, 0.1) is 6.04 Å². The van der Waals surface area contributed by atoms with Gasteiger partial charge in [-0.05, 0) is 32.2 Å². The summed E-state index contributed by atoms with van der Waals surface area (Å²) in [7, 11) is 0. The van der Waals surface area contributed by atoms with E-state index >= 15 is 0 Å². The molecule has 3 heteroatoms. The molecule has 0 bridgehead atoms. The Morgan fingerprint density at radius 3 is 3.00 bits per heavy atom. The minimum Gasteiger partial charge on any atom is -0.308 e. The Morgan fingerprint density at radius 1 is 1.60 bits per heavy atom. The number of hydrogen-bond acceptors (Lipinski definition) is 3. The quantitative estimate of drug-likeness (QED) is 0.803. The van der Waals surface area contributed by atoms with Crippen molar-refractivity contribution in [3.05, 3.63) is 16.1 Å². The topological polar surface area (TPSA) is 24.9 Å². The van der Waals surface area contributed by atoms with Gasteiger partial charge in [0, 0.05) is 11.1 Å². The van der Waals surface area contributed by atoms with E-state index in [1.54, 1.807) is 0 Å². The van der Waals surface area contributed by atoms with Crippen molar-refractivity contribution in [1.29, 1.82) is 0 Å². The summed E-state index contributed by atoms with van der Waals surface area (Å²) in [6.07, 6.45) is 7.36. The molecule has 1 aromatic heterocycles. The van der Waals surface area contributed by atoms with Crippen LogP contribution in [-0.2, 0) is 6.42 Å². The van der Waals surface area contributed by atoms with Crippen molar-refractivity contribution < 1.29 is 0 Å². The third-order valence-corrected chi connectivity index (χ3v) is 4.31. The Morgan fingerprint density at radius 2 is 2.40 bits per heavy atom. The van der Waals surface area contributed by atoms with E-state index in [2.05, 4.69) is 24.1 Å². The predicted octanol–water partition coefficient (Wildman–Crippen LogP) is 3.16. The number of rotatable bonds is 6. The van der Waals surface area contributed by atoms with Crippen LogP contribution in [0, 0.1) is 5.92 Å². The van der Waals surface area contributed by atoms with E-state index in [4.69, 9.17) is 0 Å². The lowest BCUT2D eigenvalue weighted by atomic mass is 10.2.